The van der Waals surface area contributed by atoms with Gasteiger partial charge in [-0.25, -0.2) is 9.67 Å². The Balaban J connectivity index is 1.71. The maximum atomic E-state index is 13.0. The number of fused-ring (bicyclic) bond motifs is 1. The lowest BCUT2D eigenvalue weighted by molar-refractivity contribution is 0.0982. The van der Waals surface area contributed by atoms with Crippen LogP contribution in [0.3, 0.4) is 0 Å². The van der Waals surface area contributed by atoms with Crippen molar-refractivity contribution in [2.75, 3.05) is 11.4 Å². The summed E-state index contributed by atoms with van der Waals surface area (Å²) < 4.78 is 1.65. The molecule has 24 heavy (non-hydrogen) atoms. The summed E-state index contributed by atoms with van der Waals surface area (Å²) in [6.45, 7) is 0.639. The molecule has 1 aliphatic rings. The minimum Gasteiger partial charge on any atom is -0.306 e. The Bertz CT molecular complexity index is 899. The fraction of sp³-hybridized carbons (Fsp3) is 0.105. The Kier molecular flexibility index (Phi) is 3.67. The highest BCUT2D eigenvalue weighted by Crippen LogP contribution is 2.26. The maximum Gasteiger partial charge on any atom is 0.276 e. The second-order valence-corrected chi connectivity index (χ2v) is 5.54. The standard InChI is InChI=1S/C19H16N4O/c24-19(16-9-5-11-18(21-16)23-14-6-12-20-23)22-13-4-3-8-15-7-1-2-10-17(15)22/h1-3,5-12,14H,4,13H2. The predicted octanol–water partition coefficient (Wildman–Crippen LogP) is 3.33. The SMILES string of the molecule is O=C(c1cccc(-n2cccn2)n1)N1CCC=Cc2ccccc21. The Hall–Kier alpha value is -3.21. The van der Waals surface area contributed by atoms with Crippen LogP contribution in [0.2, 0.25) is 0 Å². The summed E-state index contributed by atoms with van der Waals surface area (Å²) in [5.41, 5.74) is 2.38. The first-order valence-corrected chi connectivity index (χ1v) is 7.87. The lowest BCUT2D eigenvalue weighted by Crippen LogP contribution is -2.32. The number of hydrogen-bond acceptors (Lipinski definition) is 3. The van der Waals surface area contributed by atoms with Gasteiger partial charge in [0.2, 0.25) is 0 Å². The molecule has 5 nitrogen and oxygen atoms in total. The van der Waals surface area contributed by atoms with Gasteiger partial charge in [-0.3, -0.25) is 4.79 Å². The summed E-state index contributed by atoms with van der Waals surface area (Å²) in [5, 5.41) is 4.17. The van der Waals surface area contributed by atoms with E-state index in [-0.39, 0.29) is 5.91 Å². The molecular formula is C19H16N4O. The fourth-order valence-corrected chi connectivity index (χ4v) is 2.83. The Morgan fingerprint density at radius 1 is 1.04 bits per heavy atom. The average molecular weight is 316 g/mol. The summed E-state index contributed by atoms with van der Waals surface area (Å²) in [4.78, 5) is 19.3. The van der Waals surface area contributed by atoms with E-state index in [0.29, 0.717) is 18.1 Å². The molecule has 0 atom stereocenters. The minimum absolute atomic E-state index is 0.0971. The average Bonchev–Trinajstić information content (AvgIpc) is 3.08. The third-order valence-electron chi connectivity index (χ3n) is 3.98. The van der Waals surface area contributed by atoms with Crippen LogP contribution in [-0.2, 0) is 0 Å². The molecule has 0 saturated heterocycles. The summed E-state index contributed by atoms with van der Waals surface area (Å²) in [5.74, 6) is 0.534. The van der Waals surface area contributed by atoms with E-state index < -0.39 is 0 Å². The Labute approximate surface area is 139 Å². The predicted molar refractivity (Wildman–Crippen MR) is 93.1 cm³/mol. The molecule has 0 saturated carbocycles. The molecule has 3 heterocycles. The first-order valence-electron chi connectivity index (χ1n) is 7.87. The molecule has 0 bridgehead atoms. The van der Waals surface area contributed by atoms with Gasteiger partial charge in [0, 0.05) is 18.9 Å². The molecule has 4 rings (SSSR count). The molecule has 1 aliphatic heterocycles. The molecule has 1 aromatic carbocycles. The molecule has 0 unspecified atom stereocenters. The van der Waals surface area contributed by atoms with Crippen LogP contribution < -0.4 is 4.90 Å². The molecule has 0 fully saturated rings. The first kappa shape index (κ1) is 14.4. The number of nitrogens with zero attached hydrogens (tertiary/aromatic N) is 4. The van der Waals surface area contributed by atoms with Crippen LogP contribution in [0.5, 0.6) is 0 Å². The monoisotopic (exact) mass is 316 g/mol. The van der Waals surface area contributed by atoms with E-state index in [1.165, 1.54) is 0 Å². The molecule has 5 heteroatoms. The minimum atomic E-state index is -0.0971. The van der Waals surface area contributed by atoms with E-state index in [2.05, 4.69) is 22.2 Å². The zero-order valence-corrected chi connectivity index (χ0v) is 13.0. The highest BCUT2D eigenvalue weighted by molar-refractivity contribution is 6.06. The smallest absolute Gasteiger partial charge is 0.276 e. The summed E-state index contributed by atoms with van der Waals surface area (Å²) >= 11 is 0. The second kappa shape index (κ2) is 6.12. The van der Waals surface area contributed by atoms with E-state index in [1.54, 1.807) is 21.8 Å². The Morgan fingerprint density at radius 2 is 1.96 bits per heavy atom. The van der Waals surface area contributed by atoms with Gasteiger partial charge in [0.15, 0.2) is 5.82 Å². The van der Waals surface area contributed by atoms with Crippen molar-refractivity contribution < 1.29 is 4.79 Å². The van der Waals surface area contributed by atoms with Crippen LogP contribution in [0, 0.1) is 0 Å². The van der Waals surface area contributed by atoms with E-state index in [0.717, 1.165) is 17.7 Å². The molecule has 0 aliphatic carbocycles. The zero-order chi connectivity index (χ0) is 16.4. The lowest BCUT2D eigenvalue weighted by atomic mass is 10.1. The van der Waals surface area contributed by atoms with Crippen LogP contribution in [0.4, 0.5) is 5.69 Å². The van der Waals surface area contributed by atoms with Crippen LogP contribution in [0.15, 0.2) is 67.0 Å². The molecule has 0 N–H and O–H groups in total. The number of rotatable bonds is 2. The summed E-state index contributed by atoms with van der Waals surface area (Å²) in [7, 11) is 0. The molecule has 2 aromatic heterocycles. The molecule has 0 radical (unpaired) electrons. The highest BCUT2D eigenvalue weighted by atomic mass is 16.2. The summed E-state index contributed by atoms with van der Waals surface area (Å²) in [6.07, 6.45) is 8.48. The van der Waals surface area contributed by atoms with Crippen molar-refractivity contribution in [1.29, 1.82) is 0 Å². The van der Waals surface area contributed by atoms with Crippen molar-refractivity contribution in [2.45, 2.75) is 6.42 Å². The van der Waals surface area contributed by atoms with Crippen molar-refractivity contribution in [1.82, 2.24) is 14.8 Å². The normalized spacial score (nSPS) is 13.4. The van der Waals surface area contributed by atoms with Gasteiger partial charge in [-0.15, -0.1) is 0 Å². The van der Waals surface area contributed by atoms with Crippen molar-refractivity contribution in [2.24, 2.45) is 0 Å². The van der Waals surface area contributed by atoms with Crippen molar-refractivity contribution in [3.8, 4) is 5.82 Å². The van der Waals surface area contributed by atoms with Crippen LogP contribution in [-0.4, -0.2) is 27.2 Å². The lowest BCUT2D eigenvalue weighted by Gasteiger charge is -2.22. The first-order chi connectivity index (χ1) is 11.8. The molecular weight excluding hydrogens is 300 g/mol. The number of hydrogen-bond donors (Lipinski definition) is 0. The maximum absolute atomic E-state index is 13.0. The van der Waals surface area contributed by atoms with Crippen molar-refractivity contribution in [3.05, 3.63) is 78.3 Å². The zero-order valence-electron chi connectivity index (χ0n) is 13.0. The van der Waals surface area contributed by atoms with Gasteiger partial charge in [0.1, 0.15) is 5.69 Å². The number of benzene rings is 1. The van der Waals surface area contributed by atoms with Crippen LogP contribution in [0.1, 0.15) is 22.5 Å². The van der Waals surface area contributed by atoms with Gasteiger partial charge in [-0.2, -0.15) is 5.10 Å². The van der Waals surface area contributed by atoms with E-state index in [4.69, 9.17) is 0 Å². The number of pyridine rings is 1. The van der Waals surface area contributed by atoms with Crippen molar-refractivity contribution >= 4 is 17.7 Å². The van der Waals surface area contributed by atoms with Gasteiger partial charge in [-0.1, -0.05) is 36.4 Å². The largest absolute Gasteiger partial charge is 0.306 e. The second-order valence-electron chi connectivity index (χ2n) is 5.54. The van der Waals surface area contributed by atoms with E-state index >= 15 is 0 Å². The number of carbonyl (C=O) groups excluding carboxylic acids is 1. The van der Waals surface area contributed by atoms with Gasteiger partial charge in [0.25, 0.3) is 5.91 Å². The molecule has 118 valence electrons. The van der Waals surface area contributed by atoms with E-state index in [1.807, 2.05) is 48.7 Å². The number of aromatic nitrogens is 3. The van der Waals surface area contributed by atoms with Crippen LogP contribution in [0.25, 0.3) is 11.9 Å². The fourth-order valence-electron chi connectivity index (χ4n) is 2.83. The topological polar surface area (TPSA) is 51.0 Å². The van der Waals surface area contributed by atoms with Gasteiger partial charge in [0.05, 0.1) is 5.69 Å². The number of amides is 1. The third-order valence-corrected chi connectivity index (χ3v) is 3.98. The molecule has 0 spiro atoms. The highest BCUT2D eigenvalue weighted by Gasteiger charge is 2.21. The van der Waals surface area contributed by atoms with Gasteiger partial charge in [-0.05, 0) is 36.2 Å². The number of para-hydroxylation sites is 1. The number of anilines is 1. The van der Waals surface area contributed by atoms with Crippen LogP contribution >= 0.6 is 0 Å². The quantitative estimate of drug-likeness (QED) is 0.728. The van der Waals surface area contributed by atoms with Gasteiger partial charge < -0.3 is 4.90 Å². The molecule has 1 amide bonds. The third kappa shape index (κ3) is 2.60. The van der Waals surface area contributed by atoms with Gasteiger partial charge >= 0.3 is 0 Å². The number of carbonyl (C=O) groups is 1. The summed E-state index contributed by atoms with van der Waals surface area (Å²) in [6, 6.07) is 15.2. The Morgan fingerprint density at radius 3 is 2.83 bits per heavy atom. The van der Waals surface area contributed by atoms with E-state index in [9.17, 15) is 4.79 Å². The molecule has 3 aromatic rings. The van der Waals surface area contributed by atoms with Crippen molar-refractivity contribution in [3.63, 3.8) is 0 Å².